The van der Waals surface area contributed by atoms with Gasteiger partial charge in [0.1, 0.15) is 0 Å². The smallest absolute Gasteiger partial charge is 0.179 e. The van der Waals surface area contributed by atoms with Gasteiger partial charge in [-0.15, -0.1) is 28.7 Å². The molecule has 4 heteroatoms. The van der Waals surface area contributed by atoms with Crippen LogP contribution in [0, 0.1) is 0 Å². The van der Waals surface area contributed by atoms with Crippen LogP contribution in [0.5, 0.6) is 0 Å². The third-order valence-corrected chi connectivity index (χ3v) is 5.49. The molecule has 0 amide bonds. The molecule has 0 fully saturated rings. The highest BCUT2D eigenvalue weighted by atomic mass is 35.7. The highest BCUT2D eigenvalue weighted by Crippen LogP contribution is 2.27. The van der Waals surface area contributed by atoms with Gasteiger partial charge in [-0.3, -0.25) is 0 Å². The van der Waals surface area contributed by atoms with Crippen molar-refractivity contribution < 1.29 is 0 Å². The van der Waals surface area contributed by atoms with E-state index >= 15 is 0 Å². The van der Waals surface area contributed by atoms with Crippen LogP contribution in [0.3, 0.4) is 0 Å². The van der Waals surface area contributed by atoms with E-state index in [-0.39, 0.29) is 0 Å². The van der Waals surface area contributed by atoms with Gasteiger partial charge >= 0.3 is 0 Å². The molecule has 0 saturated carbocycles. The van der Waals surface area contributed by atoms with Crippen molar-refractivity contribution in [3.05, 3.63) is 12.7 Å². The van der Waals surface area contributed by atoms with Gasteiger partial charge in [-0.25, -0.2) is 0 Å². The quantitative estimate of drug-likeness (QED) is 0.309. The van der Waals surface area contributed by atoms with Gasteiger partial charge in [-0.1, -0.05) is 6.08 Å². The van der Waals surface area contributed by atoms with E-state index < -0.39 is 6.69 Å². The molecule has 0 spiro atoms. The van der Waals surface area contributed by atoms with Crippen molar-refractivity contribution in [3.8, 4) is 0 Å². The Bertz CT molecular complexity index is 106. The van der Waals surface area contributed by atoms with Gasteiger partial charge in [0.05, 0.1) is 0 Å². The van der Waals surface area contributed by atoms with Crippen LogP contribution < -0.4 is 0 Å². The molecule has 0 nitrogen and oxygen atoms in total. The molecule has 0 radical (unpaired) electrons. The minimum atomic E-state index is -1.95. The SMILES string of the molecule is C=CC[Si](Cl)(Cl)CCCS. The second kappa shape index (κ2) is 5.53. The molecular weight excluding hydrogens is 203 g/mol. The van der Waals surface area contributed by atoms with E-state index in [1.807, 2.05) is 0 Å². The molecule has 0 aromatic rings. The summed E-state index contributed by atoms with van der Waals surface area (Å²) >= 11 is 16.1. The molecular formula is C6H12Cl2SSi. The normalized spacial score (nSPS) is 11.5. The summed E-state index contributed by atoms with van der Waals surface area (Å²) in [4.78, 5) is 0. The van der Waals surface area contributed by atoms with Crippen LogP contribution >= 0.6 is 34.8 Å². The maximum Gasteiger partial charge on any atom is 0.255 e. The Labute approximate surface area is 78.4 Å². The monoisotopic (exact) mass is 214 g/mol. The zero-order chi connectivity index (χ0) is 8.04. The van der Waals surface area contributed by atoms with Gasteiger partial charge < -0.3 is 0 Å². The minimum absolute atomic E-state index is 0.782. The van der Waals surface area contributed by atoms with Crippen LogP contribution in [0.1, 0.15) is 6.42 Å². The molecule has 60 valence electrons. The lowest BCUT2D eigenvalue weighted by Crippen LogP contribution is -2.16. The summed E-state index contributed by atoms with van der Waals surface area (Å²) in [5.41, 5.74) is 0. The Morgan fingerprint density at radius 2 is 2.10 bits per heavy atom. The molecule has 0 saturated heterocycles. The first-order valence-corrected chi connectivity index (χ1v) is 8.29. The molecule has 0 heterocycles. The van der Waals surface area contributed by atoms with Crippen LogP contribution in [0.4, 0.5) is 0 Å². The lowest BCUT2D eigenvalue weighted by atomic mass is 10.6. The van der Waals surface area contributed by atoms with E-state index in [9.17, 15) is 0 Å². The van der Waals surface area contributed by atoms with E-state index in [1.54, 1.807) is 6.08 Å². The minimum Gasteiger partial charge on any atom is -0.179 e. The summed E-state index contributed by atoms with van der Waals surface area (Å²) < 4.78 is 0. The van der Waals surface area contributed by atoms with Crippen LogP contribution in [-0.4, -0.2) is 12.4 Å². The maximum atomic E-state index is 6.01. The molecule has 0 aromatic heterocycles. The zero-order valence-corrected chi connectivity index (χ0v) is 9.22. The molecule has 10 heavy (non-hydrogen) atoms. The summed E-state index contributed by atoms with van der Waals surface area (Å²) in [6, 6.07) is 1.70. The second-order valence-corrected chi connectivity index (χ2v) is 10.2. The number of rotatable bonds is 5. The molecule has 0 bridgehead atoms. The first-order valence-electron chi connectivity index (χ1n) is 3.22. The zero-order valence-electron chi connectivity index (χ0n) is 5.82. The van der Waals surface area contributed by atoms with Crippen molar-refractivity contribution in [2.24, 2.45) is 0 Å². The van der Waals surface area contributed by atoms with Crippen molar-refractivity contribution in [1.29, 1.82) is 0 Å². The third kappa shape index (κ3) is 5.66. The Hall–Kier alpha value is 0.887. The predicted molar refractivity (Wildman–Crippen MR) is 55.7 cm³/mol. The summed E-state index contributed by atoms with van der Waals surface area (Å²) in [7, 11) is 0. The number of allylic oxidation sites excluding steroid dienone is 1. The van der Waals surface area contributed by atoms with E-state index in [2.05, 4.69) is 19.2 Å². The van der Waals surface area contributed by atoms with Crippen LogP contribution in [-0.2, 0) is 0 Å². The molecule has 0 unspecified atom stereocenters. The van der Waals surface area contributed by atoms with Gasteiger partial charge in [-0.05, 0) is 24.3 Å². The Morgan fingerprint density at radius 1 is 1.50 bits per heavy atom. The fourth-order valence-corrected chi connectivity index (χ4v) is 3.88. The van der Waals surface area contributed by atoms with Gasteiger partial charge in [-0.2, -0.15) is 12.6 Å². The van der Waals surface area contributed by atoms with Crippen molar-refractivity contribution in [1.82, 2.24) is 0 Å². The number of hydrogen-bond acceptors (Lipinski definition) is 1. The summed E-state index contributed by atoms with van der Waals surface area (Å²) in [6.07, 6.45) is 2.81. The molecule has 0 rings (SSSR count). The largest absolute Gasteiger partial charge is 0.255 e. The average molecular weight is 215 g/mol. The fourth-order valence-electron chi connectivity index (χ4n) is 0.651. The third-order valence-electron chi connectivity index (χ3n) is 1.14. The average Bonchev–Trinajstić information content (AvgIpc) is 1.84. The fraction of sp³-hybridized carbons (Fsp3) is 0.667. The topological polar surface area (TPSA) is 0 Å². The lowest BCUT2D eigenvalue weighted by Gasteiger charge is -2.12. The van der Waals surface area contributed by atoms with Crippen molar-refractivity contribution in [3.63, 3.8) is 0 Å². The standard InChI is InChI=1S/C6H12Cl2SSi/c1-2-5-10(7,8)6-3-4-9/h2,9H,1,3-6H2. The summed E-state index contributed by atoms with van der Waals surface area (Å²) in [6.45, 7) is 1.65. The number of thiol groups is 1. The van der Waals surface area contributed by atoms with E-state index in [0.29, 0.717) is 0 Å². The highest BCUT2D eigenvalue weighted by Gasteiger charge is 2.25. The predicted octanol–water partition coefficient (Wildman–Crippen LogP) is 3.41. The maximum absolute atomic E-state index is 6.01. The van der Waals surface area contributed by atoms with Crippen LogP contribution in [0.2, 0.25) is 12.1 Å². The highest BCUT2D eigenvalue weighted by molar-refractivity contribution is 7.80. The van der Waals surface area contributed by atoms with Crippen LogP contribution in [0.25, 0.3) is 0 Å². The number of hydrogen-bond donors (Lipinski definition) is 1. The van der Waals surface area contributed by atoms with Gasteiger partial charge in [0.2, 0.25) is 0 Å². The summed E-state index contributed by atoms with van der Waals surface area (Å²) in [5.74, 6) is 0.866. The second-order valence-electron chi connectivity index (χ2n) is 2.18. The molecule has 0 aliphatic carbocycles. The van der Waals surface area contributed by atoms with Gasteiger partial charge in [0, 0.05) is 0 Å². The van der Waals surface area contributed by atoms with Crippen LogP contribution in [0.15, 0.2) is 12.7 Å². The molecule has 0 aromatic carbocycles. The number of halogens is 2. The Balaban J connectivity index is 3.51. The molecule has 0 aliphatic heterocycles. The van der Waals surface area contributed by atoms with Gasteiger partial charge in [0.25, 0.3) is 6.69 Å². The first-order chi connectivity index (χ1) is 4.62. The van der Waals surface area contributed by atoms with Crippen molar-refractivity contribution in [2.75, 3.05) is 5.75 Å². The molecule has 0 N–H and O–H groups in total. The van der Waals surface area contributed by atoms with Gasteiger partial charge in [0.15, 0.2) is 0 Å². The van der Waals surface area contributed by atoms with E-state index in [0.717, 1.165) is 24.3 Å². The lowest BCUT2D eigenvalue weighted by molar-refractivity contribution is 1.08. The molecule has 0 aliphatic rings. The Kier molecular flexibility index (Phi) is 6.02. The van der Waals surface area contributed by atoms with E-state index in [1.165, 1.54) is 0 Å². The van der Waals surface area contributed by atoms with Crippen molar-refractivity contribution >= 4 is 41.5 Å². The van der Waals surface area contributed by atoms with Crippen molar-refractivity contribution in [2.45, 2.75) is 18.5 Å². The molecule has 0 atom stereocenters. The Morgan fingerprint density at radius 3 is 2.50 bits per heavy atom. The summed E-state index contributed by atoms with van der Waals surface area (Å²) in [5, 5.41) is 0. The first kappa shape index (κ1) is 10.9. The van der Waals surface area contributed by atoms with E-state index in [4.69, 9.17) is 22.2 Å².